The van der Waals surface area contributed by atoms with Gasteiger partial charge in [-0.3, -0.25) is 0 Å². The Kier molecular flexibility index (Phi) is 4.19. The highest BCUT2D eigenvalue weighted by Gasteiger charge is 2.19. The van der Waals surface area contributed by atoms with Crippen molar-refractivity contribution in [2.75, 3.05) is 7.11 Å². The van der Waals surface area contributed by atoms with Crippen molar-refractivity contribution in [2.45, 2.75) is 19.1 Å². The summed E-state index contributed by atoms with van der Waals surface area (Å²) in [5.41, 5.74) is 1.69. The molecule has 0 spiro atoms. The lowest BCUT2D eigenvalue weighted by Gasteiger charge is -2.25. The molecular formula is C17H15NO4. The number of aryl methyl sites for hydroxylation is 1. The number of nitrogens with zero attached hydrogens (tertiary/aromatic N) is 1. The summed E-state index contributed by atoms with van der Waals surface area (Å²) in [5, 5.41) is 0. The van der Waals surface area contributed by atoms with Crippen LogP contribution < -0.4 is 9.47 Å². The fourth-order valence-electron chi connectivity index (χ4n) is 2.33. The Morgan fingerprint density at radius 3 is 2.68 bits per heavy atom. The molecule has 5 heteroatoms. The Bertz CT molecular complexity index is 705. The number of fused-ring (bicyclic) bond motifs is 1. The van der Waals surface area contributed by atoms with E-state index in [4.69, 9.17) is 14.2 Å². The molecule has 0 bridgehead atoms. The molecule has 1 aliphatic rings. The molecule has 0 amide bonds. The molecule has 2 aromatic carbocycles. The van der Waals surface area contributed by atoms with Gasteiger partial charge < -0.3 is 14.2 Å². The Morgan fingerprint density at radius 1 is 1.18 bits per heavy atom. The molecule has 3 rings (SSSR count). The molecule has 0 radical (unpaired) electrons. The predicted octanol–water partition coefficient (Wildman–Crippen LogP) is 3.74. The van der Waals surface area contributed by atoms with Crippen LogP contribution in [0.3, 0.4) is 0 Å². The highest BCUT2D eigenvalue weighted by Crippen LogP contribution is 2.33. The van der Waals surface area contributed by atoms with Gasteiger partial charge in [-0.1, -0.05) is 6.07 Å². The van der Waals surface area contributed by atoms with Crippen LogP contribution in [-0.2, 0) is 16.0 Å². The van der Waals surface area contributed by atoms with E-state index in [-0.39, 0.29) is 6.29 Å². The molecule has 0 N–H and O–H groups in total. The van der Waals surface area contributed by atoms with Crippen LogP contribution in [0.2, 0.25) is 0 Å². The fourth-order valence-corrected chi connectivity index (χ4v) is 2.33. The summed E-state index contributed by atoms with van der Waals surface area (Å²) in [6.45, 7) is 0. The zero-order chi connectivity index (χ0) is 15.4. The second kappa shape index (κ2) is 6.43. The lowest BCUT2D eigenvalue weighted by Crippen LogP contribution is -2.24. The van der Waals surface area contributed by atoms with E-state index in [1.54, 1.807) is 31.4 Å². The van der Waals surface area contributed by atoms with Crippen molar-refractivity contribution in [3.63, 3.8) is 0 Å². The molecule has 0 fully saturated rings. The average molecular weight is 297 g/mol. The van der Waals surface area contributed by atoms with Crippen molar-refractivity contribution in [3.05, 3.63) is 48.0 Å². The van der Waals surface area contributed by atoms with Crippen molar-refractivity contribution in [3.8, 4) is 17.2 Å². The van der Waals surface area contributed by atoms with E-state index in [1.165, 1.54) is 6.08 Å². The molecule has 0 saturated carbocycles. The van der Waals surface area contributed by atoms with Gasteiger partial charge in [0.2, 0.25) is 6.08 Å². The van der Waals surface area contributed by atoms with Crippen LogP contribution >= 0.6 is 0 Å². The zero-order valence-electron chi connectivity index (χ0n) is 12.1. The van der Waals surface area contributed by atoms with Crippen LogP contribution in [0, 0.1) is 0 Å². The third-order valence-electron chi connectivity index (χ3n) is 3.46. The topological polar surface area (TPSA) is 57.1 Å². The van der Waals surface area contributed by atoms with Gasteiger partial charge in [0.1, 0.15) is 17.2 Å². The number of hydrogen-bond donors (Lipinski definition) is 0. The van der Waals surface area contributed by atoms with Crippen molar-refractivity contribution in [1.82, 2.24) is 0 Å². The monoisotopic (exact) mass is 297 g/mol. The minimum atomic E-state index is -0.205. The largest absolute Gasteiger partial charge is 0.465 e. The van der Waals surface area contributed by atoms with Gasteiger partial charge in [0, 0.05) is 19.6 Å². The maximum Gasteiger partial charge on any atom is 0.240 e. The molecule has 22 heavy (non-hydrogen) atoms. The third-order valence-corrected chi connectivity index (χ3v) is 3.46. The molecule has 5 nitrogen and oxygen atoms in total. The molecular weight excluding hydrogens is 282 g/mol. The van der Waals surface area contributed by atoms with Crippen LogP contribution in [0.25, 0.3) is 0 Å². The van der Waals surface area contributed by atoms with Gasteiger partial charge in [0.25, 0.3) is 0 Å². The normalized spacial score (nSPS) is 16.1. The summed E-state index contributed by atoms with van der Waals surface area (Å²) in [5.74, 6) is 2.13. The molecule has 0 saturated heterocycles. The van der Waals surface area contributed by atoms with Crippen LogP contribution in [0.15, 0.2) is 47.5 Å². The third kappa shape index (κ3) is 3.17. The molecule has 0 aromatic heterocycles. The lowest BCUT2D eigenvalue weighted by molar-refractivity contribution is -0.0654. The minimum absolute atomic E-state index is 0.205. The smallest absolute Gasteiger partial charge is 0.240 e. The standard InChI is InChI=1S/C17H15NO4/c1-20-17-9-3-12-2-6-15(10-16(12)22-17)21-14-7-4-13(5-8-14)18-11-19/h2,4-8,10,17H,3,9H2,1H3. The van der Waals surface area contributed by atoms with Gasteiger partial charge in [-0.15, -0.1) is 0 Å². The number of benzene rings is 2. The summed E-state index contributed by atoms with van der Waals surface area (Å²) in [7, 11) is 1.64. The molecule has 0 aliphatic carbocycles. The quantitative estimate of drug-likeness (QED) is 0.637. The van der Waals surface area contributed by atoms with E-state index in [9.17, 15) is 4.79 Å². The van der Waals surface area contributed by atoms with E-state index in [2.05, 4.69) is 4.99 Å². The van der Waals surface area contributed by atoms with Crippen molar-refractivity contribution in [1.29, 1.82) is 0 Å². The number of carbonyl (C=O) groups excluding carboxylic acids is 1. The summed E-state index contributed by atoms with van der Waals surface area (Å²) in [6, 6.07) is 12.6. The first kappa shape index (κ1) is 14.3. The predicted molar refractivity (Wildman–Crippen MR) is 80.5 cm³/mol. The summed E-state index contributed by atoms with van der Waals surface area (Å²) >= 11 is 0. The molecule has 1 aliphatic heterocycles. The average Bonchev–Trinajstić information content (AvgIpc) is 2.56. The lowest BCUT2D eigenvalue weighted by atomic mass is 10.1. The number of hydrogen-bond acceptors (Lipinski definition) is 5. The highest BCUT2D eigenvalue weighted by atomic mass is 16.7. The highest BCUT2D eigenvalue weighted by molar-refractivity contribution is 5.51. The second-order valence-corrected chi connectivity index (χ2v) is 4.89. The van der Waals surface area contributed by atoms with E-state index in [0.29, 0.717) is 17.2 Å². The number of methoxy groups -OCH3 is 1. The van der Waals surface area contributed by atoms with Crippen molar-refractivity contribution < 1.29 is 19.0 Å². The summed E-state index contributed by atoms with van der Waals surface area (Å²) < 4.78 is 16.8. The Balaban J connectivity index is 1.77. The van der Waals surface area contributed by atoms with E-state index >= 15 is 0 Å². The van der Waals surface area contributed by atoms with Gasteiger partial charge in [0.05, 0.1) is 5.69 Å². The first-order valence-electron chi connectivity index (χ1n) is 6.96. The Morgan fingerprint density at radius 2 is 1.95 bits per heavy atom. The Hall–Kier alpha value is -2.62. The minimum Gasteiger partial charge on any atom is -0.465 e. The van der Waals surface area contributed by atoms with Gasteiger partial charge in [-0.25, -0.2) is 4.79 Å². The van der Waals surface area contributed by atoms with Crippen LogP contribution in [-0.4, -0.2) is 19.5 Å². The first-order valence-corrected chi connectivity index (χ1v) is 6.96. The zero-order valence-corrected chi connectivity index (χ0v) is 12.1. The van der Waals surface area contributed by atoms with Crippen molar-refractivity contribution in [2.24, 2.45) is 4.99 Å². The number of ether oxygens (including phenoxy) is 3. The summed E-state index contributed by atoms with van der Waals surface area (Å²) in [6.07, 6.45) is 3.07. The Labute approximate surface area is 128 Å². The van der Waals surface area contributed by atoms with E-state index in [0.717, 1.165) is 24.2 Å². The SMILES string of the molecule is COC1CCc2ccc(Oc3ccc(N=C=O)cc3)cc2O1. The fraction of sp³-hybridized carbons (Fsp3) is 0.235. The number of isocyanates is 1. The van der Waals surface area contributed by atoms with Crippen LogP contribution in [0.1, 0.15) is 12.0 Å². The molecule has 1 unspecified atom stereocenters. The first-order chi connectivity index (χ1) is 10.8. The number of rotatable bonds is 4. The summed E-state index contributed by atoms with van der Waals surface area (Å²) in [4.78, 5) is 13.7. The van der Waals surface area contributed by atoms with Crippen LogP contribution in [0.4, 0.5) is 5.69 Å². The van der Waals surface area contributed by atoms with Gasteiger partial charge in [-0.05, 0) is 42.3 Å². The van der Waals surface area contributed by atoms with Gasteiger partial charge in [-0.2, -0.15) is 4.99 Å². The van der Waals surface area contributed by atoms with Gasteiger partial charge in [0.15, 0.2) is 6.29 Å². The maximum atomic E-state index is 10.2. The molecule has 2 aromatic rings. The molecule has 1 heterocycles. The molecule has 1 atom stereocenters. The molecule has 112 valence electrons. The van der Waals surface area contributed by atoms with Crippen molar-refractivity contribution >= 4 is 11.8 Å². The van der Waals surface area contributed by atoms with E-state index in [1.807, 2.05) is 18.2 Å². The van der Waals surface area contributed by atoms with Crippen LogP contribution in [0.5, 0.6) is 17.2 Å². The maximum absolute atomic E-state index is 10.2. The number of aliphatic imine (C=N–C) groups is 1. The van der Waals surface area contributed by atoms with Gasteiger partial charge >= 0.3 is 0 Å². The second-order valence-electron chi connectivity index (χ2n) is 4.89. The van der Waals surface area contributed by atoms with E-state index < -0.39 is 0 Å².